The van der Waals surface area contributed by atoms with E-state index in [4.69, 9.17) is 0 Å². The van der Waals surface area contributed by atoms with Crippen LogP contribution in [0.1, 0.15) is 24.5 Å². The summed E-state index contributed by atoms with van der Waals surface area (Å²) in [7, 11) is 0. The quantitative estimate of drug-likeness (QED) is 0.775. The molecule has 0 heterocycles. The van der Waals surface area contributed by atoms with E-state index in [1.54, 1.807) is 12.1 Å². The van der Waals surface area contributed by atoms with Gasteiger partial charge in [0.25, 0.3) is 0 Å². The number of rotatable bonds is 3. The Morgan fingerprint density at radius 2 is 2.06 bits per heavy atom. The molecule has 0 unspecified atom stereocenters. The van der Waals surface area contributed by atoms with Crippen LogP contribution in [0.5, 0.6) is 0 Å². The van der Waals surface area contributed by atoms with Crippen molar-refractivity contribution in [2.45, 2.75) is 25.9 Å². The van der Waals surface area contributed by atoms with Gasteiger partial charge in [-0.25, -0.2) is 0 Å². The maximum Gasteiger partial charge on any atom is 0.416 e. The van der Waals surface area contributed by atoms with E-state index in [1.807, 2.05) is 6.92 Å². The van der Waals surface area contributed by atoms with Crippen LogP contribution in [0.4, 0.5) is 13.2 Å². The number of hydrogen-bond acceptors (Lipinski definition) is 1. The highest BCUT2D eigenvalue weighted by Crippen LogP contribution is 2.29. The first kappa shape index (κ1) is 12.6. The number of alkyl halides is 3. The second-order valence-electron chi connectivity index (χ2n) is 3.48. The van der Waals surface area contributed by atoms with E-state index in [0.717, 1.165) is 12.1 Å². The molecule has 0 aliphatic heterocycles. The summed E-state index contributed by atoms with van der Waals surface area (Å²) >= 11 is 0. The molecule has 0 spiro atoms. The van der Waals surface area contributed by atoms with Gasteiger partial charge in [-0.15, -0.1) is 0 Å². The van der Waals surface area contributed by atoms with Crippen LogP contribution in [0.2, 0.25) is 0 Å². The Balaban J connectivity index is 2.87. The van der Waals surface area contributed by atoms with Gasteiger partial charge in [-0.1, -0.05) is 25.1 Å². The Bertz CT molecular complexity index is 380. The lowest BCUT2D eigenvalue weighted by Crippen LogP contribution is -2.05. The first-order chi connectivity index (χ1) is 7.43. The highest BCUT2D eigenvalue weighted by molar-refractivity contribution is 5.27. The molecule has 0 aromatic heterocycles. The van der Waals surface area contributed by atoms with Crippen molar-refractivity contribution in [2.24, 2.45) is 0 Å². The van der Waals surface area contributed by atoms with Crippen molar-refractivity contribution in [1.82, 2.24) is 0 Å². The van der Waals surface area contributed by atoms with Gasteiger partial charge in [-0.05, 0) is 24.1 Å². The van der Waals surface area contributed by atoms with Gasteiger partial charge in [0.05, 0.1) is 11.3 Å². The second kappa shape index (κ2) is 5.05. The average molecular weight is 230 g/mol. The van der Waals surface area contributed by atoms with Gasteiger partial charge in [0, 0.05) is 6.42 Å². The van der Waals surface area contributed by atoms with Crippen LogP contribution in [-0.2, 0) is 12.6 Å². The lowest BCUT2D eigenvalue weighted by atomic mass is 10.1. The van der Waals surface area contributed by atoms with Crippen LogP contribution in [0.3, 0.4) is 0 Å². The minimum Gasteiger partial charge on any atom is -0.512 e. The van der Waals surface area contributed by atoms with E-state index in [0.29, 0.717) is 12.0 Å². The van der Waals surface area contributed by atoms with Crippen LogP contribution < -0.4 is 0 Å². The van der Waals surface area contributed by atoms with Crippen molar-refractivity contribution >= 4 is 0 Å². The Kier molecular flexibility index (Phi) is 3.99. The summed E-state index contributed by atoms with van der Waals surface area (Å²) in [6, 6.07) is 4.98. The highest BCUT2D eigenvalue weighted by atomic mass is 19.4. The minimum absolute atomic E-state index is 0.0989. The van der Waals surface area contributed by atoms with Crippen LogP contribution in [0, 0.1) is 0 Å². The van der Waals surface area contributed by atoms with Crippen molar-refractivity contribution in [3.8, 4) is 0 Å². The van der Waals surface area contributed by atoms with Crippen LogP contribution in [0.15, 0.2) is 36.1 Å². The van der Waals surface area contributed by atoms with Gasteiger partial charge in [0.15, 0.2) is 0 Å². The molecule has 0 saturated heterocycles. The number of allylic oxidation sites excluding steroid dienone is 2. The summed E-state index contributed by atoms with van der Waals surface area (Å²) < 4.78 is 37.1. The van der Waals surface area contributed by atoms with E-state index < -0.39 is 11.7 Å². The number of aliphatic hydroxyl groups excluding tert-OH is 1. The van der Waals surface area contributed by atoms with Crippen molar-refractivity contribution in [3.05, 3.63) is 47.2 Å². The van der Waals surface area contributed by atoms with Crippen LogP contribution in [-0.4, -0.2) is 5.11 Å². The molecule has 88 valence electrons. The van der Waals surface area contributed by atoms with Crippen LogP contribution >= 0.6 is 0 Å². The van der Waals surface area contributed by atoms with Gasteiger partial charge in [0.2, 0.25) is 0 Å². The molecule has 0 amide bonds. The largest absolute Gasteiger partial charge is 0.512 e. The molecule has 0 bridgehead atoms. The predicted molar refractivity (Wildman–Crippen MR) is 56.2 cm³/mol. The standard InChI is InChI=1S/C12H13F3O/c1-2-4-11(16)8-9-5-3-6-10(7-9)12(13,14)15/h3-7,16H,2,8H2,1H3/b11-4-. The number of benzene rings is 1. The molecule has 1 rings (SSSR count). The van der Waals surface area contributed by atoms with Gasteiger partial charge in [-0.2, -0.15) is 13.2 Å². The molecule has 0 saturated carbocycles. The molecule has 1 aromatic rings. The van der Waals surface area contributed by atoms with Crippen molar-refractivity contribution in [3.63, 3.8) is 0 Å². The van der Waals surface area contributed by atoms with E-state index in [-0.39, 0.29) is 12.2 Å². The molecule has 0 aliphatic rings. The van der Waals surface area contributed by atoms with Gasteiger partial charge in [0.1, 0.15) is 0 Å². The van der Waals surface area contributed by atoms with Crippen molar-refractivity contribution in [2.75, 3.05) is 0 Å². The lowest BCUT2D eigenvalue weighted by molar-refractivity contribution is -0.137. The summed E-state index contributed by atoms with van der Waals surface area (Å²) in [5, 5.41) is 9.38. The Morgan fingerprint density at radius 1 is 1.38 bits per heavy atom. The monoisotopic (exact) mass is 230 g/mol. The zero-order valence-corrected chi connectivity index (χ0v) is 8.88. The molecule has 0 radical (unpaired) electrons. The zero-order valence-electron chi connectivity index (χ0n) is 8.88. The molecule has 0 aliphatic carbocycles. The third kappa shape index (κ3) is 3.61. The van der Waals surface area contributed by atoms with Gasteiger partial charge < -0.3 is 5.11 Å². The smallest absolute Gasteiger partial charge is 0.416 e. The molecule has 0 fully saturated rings. The molecule has 4 heteroatoms. The van der Waals surface area contributed by atoms with E-state index in [1.165, 1.54) is 6.07 Å². The molecular formula is C12H13F3O. The summed E-state index contributed by atoms with van der Waals surface area (Å²) in [6.07, 6.45) is -1.96. The van der Waals surface area contributed by atoms with Gasteiger partial charge >= 0.3 is 6.18 Å². The second-order valence-corrected chi connectivity index (χ2v) is 3.48. The maximum absolute atomic E-state index is 12.4. The minimum atomic E-state index is -4.33. The third-order valence-electron chi connectivity index (χ3n) is 2.08. The van der Waals surface area contributed by atoms with Crippen molar-refractivity contribution in [1.29, 1.82) is 0 Å². The van der Waals surface area contributed by atoms with Crippen LogP contribution in [0.25, 0.3) is 0 Å². The molecule has 1 nitrogen and oxygen atoms in total. The topological polar surface area (TPSA) is 20.2 Å². The zero-order chi connectivity index (χ0) is 12.2. The molecule has 1 aromatic carbocycles. The third-order valence-corrected chi connectivity index (χ3v) is 2.08. The average Bonchev–Trinajstić information content (AvgIpc) is 2.17. The summed E-state index contributed by atoms with van der Waals surface area (Å²) in [6.45, 7) is 1.85. The molecule has 16 heavy (non-hydrogen) atoms. The lowest BCUT2D eigenvalue weighted by Gasteiger charge is -2.08. The fourth-order valence-corrected chi connectivity index (χ4v) is 1.37. The Morgan fingerprint density at radius 3 is 2.62 bits per heavy atom. The molecule has 1 N–H and O–H groups in total. The number of aliphatic hydroxyl groups is 1. The molecular weight excluding hydrogens is 217 g/mol. The fourth-order valence-electron chi connectivity index (χ4n) is 1.37. The number of halogens is 3. The number of hydrogen-bond donors (Lipinski definition) is 1. The summed E-state index contributed by atoms with van der Waals surface area (Å²) in [5.74, 6) is 0.0989. The van der Waals surface area contributed by atoms with Crippen molar-refractivity contribution < 1.29 is 18.3 Å². The van der Waals surface area contributed by atoms with E-state index in [9.17, 15) is 18.3 Å². The molecule has 0 atom stereocenters. The first-order valence-corrected chi connectivity index (χ1v) is 4.97. The van der Waals surface area contributed by atoms with E-state index >= 15 is 0 Å². The predicted octanol–water partition coefficient (Wildman–Crippen LogP) is 4.10. The first-order valence-electron chi connectivity index (χ1n) is 4.97. The Labute approximate surface area is 92.2 Å². The fraction of sp³-hybridized carbons (Fsp3) is 0.333. The summed E-state index contributed by atoms with van der Waals surface area (Å²) in [4.78, 5) is 0. The Hall–Kier alpha value is -1.45. The SMILES string of the molecule is CC/C=C(\O)Cc1cccc(C(F)(F)F)c1. The highest BCUT2D eigenvalue weighted by Gasteiger charge is 2.30. The van der Waals surface area contributed by atoms with E-state index in [2.05, 4.69) is 0 Å². The maximum atomic E-state index is 12.4. The normalized spacial score (nSPS) is 12.9. The summed E-state index contributed by atoms with van der Waals surface area (Å²) in [5.41, 5.74) is -0.230. The van der Waals surface area contributed by atoms with Gasteiger partial charge in [-0.3, -0.25) is 0 Å².